The van der Waals surface area contributed by atoms with E-state index in [1.54, 1.807) is 24.8 Å². The maximum atomic E-state index is 6.21. The average molecular weight is 384 g/mol. The van der Waals surface area contributed by atoms with E-state index in [0.29, 0.717) is 28.8 Å². The third kappa shape index (κ3) is 3.36. The zero-order valence-corrected chi connectivity index (χ0v) is 15.4. The van der Waals surface area contributed by atoms with E-state index < -0.39 is 0 Å². The van der Waals surface area contributed by atoms with Gasteiger partial charge in [0.2, 0.25) is 0 Å². The summed E-state index contributed by atoms with van der Waals surface area (Å²) in [6, 6.07) is 9.29. The van der Waals surface area contributed by atoms with Gasteiger partial charge in [-0.05, 0) is 31.2 Å². The summed E-state index contributed by atoms with van der Waals surface area (Å²) in [5.41, 5.74) is 2.21. The van der Waals surface area contributed by atoms with E-state index in [4.69, 9.17) is 9.72 Å². The van der Waals surface area contributed by atoms with Gasteiger partial charge in [-0.15, -0.1) is 0 Å². The van der Waals surface area contributed by atoms with Crippen molar-refractivity contribution in [3.8, 4) is 22.8 Å². The number of rotatable bonds is 5. The summed E-state index contributed by atoms with van der Waals surface area (Å²) >= 11 is 0. The smallest absolute Gasteiger partial charge is 0.183 e. The Kier molecular flexibility index (Phi) is 4.10. The minimum absolute atomic E-state index is 0.580. The fourth-order valence-corrected chi connectivity index (χ4v) is 2.98. The number of hydrogen-bond donors (Lipinski definition) is 2. The van der Waals surface area contributed by atoms with Crippen molar-refractivity contribution in [3.63, 3.8) is 0 Å². The van der Waals surface area contributed by atoms with E-state index in [1.165, 1.54) is 0 Å². The molecule has 29 heavy (non-hydrogen) atoms. The number of aromatic amines is 1. The van der Waals surface area contributed by atoms with E-state index in [-0.39, 0.29) is 0 Å². The van der Waals surface area contributed by atoms with Crippen LogP contribution in [-0.4, -0.2) is 34.5 Å². The number of aromatic nitrogens is 7. The number of imidazole rings is 1. The van der Waals surface area contributed by atoms with Crippen LogP contribution in [0.25, 0.3) is 16.9 Å². The normalized spacial score (nSPS) is 10.9. The molecule has 142 valence electrons. The lowest BCUT2D eigenvalue weighted by molar-refractivity contribution is 0.484. The molecule has 5 heterocycles. The molecular weight excluding hydrogens is 368 g/mol. The van der Waals surface area contributed by atoms with Crippen LogP contribution in [0.3, 0.4) is 0 Å². The first-order valence-electron chi connectivity index (χ1n) is 8.92. The summed E-state index contributed by atoms with van der Waals surface area (Å²) in [6.07, 6.45) is 10.6. The minimum Gasteiger partial charge on any atom is -0.451 e. The number of aryl methyl sites for hydroxylation is 1. The number of nitrogens with one attached hydrogen (secondary N) is 2. The van der Waals surface area contributed by atoms with E-state index in [1.807, 2.05) is 54.0 Å². The molecule has 0 atom stereocenters. The van der Waals surface area contributed by atoms with Crippen LogP contribution in [0.1, 0.15) is 5.82 Å². The molecule has 0 spiro atoms. The van der Waals surface area contributed by atoms with Crippen LogP contribution < -0.4 is 10.1 Å². The summed E-state index contributed by atoms with van der Waals surface area (Å²) in [7, 11) is 0. The number of pyridine rings is 2. The summed E-state index contributed by atoms with van der Waals surface area (Å²) < 4.78 is 8.10. The van der Waals surface area contributed by atoms with Gasteiger partial charge < -0.3 is 14.5 Å². The lowest BCUT2D eigenvalue weighted by Crippen LogP contribution is -1.97. The van der Waals surface area contributed by atoms with Gasteiger partial charge in [-0.1, -0.05) is 0 Å². The van der Waals surface area contributed by atoms with Gasteiger partial charge in [0.25, 0.3) is 0 Å². The van der Waals surface area contributed by atoms with Gasteiger partial charge >= 0.3 is 0 Å². The van der Waals surface area contributed by atoms with E-state index >= 15 is 0 Å². The molecule has 9 nitrogen and oxygen atoms in total. The SMILES string of the molecule is Cc1nccc(-c2ccn3cc(Nc4ccn[nH]4)nc3c2Oc2cccnc2)n1. The van der Waals surface area contributed by atoms with Crippen LogP contribution in [0.5, 0.6) is 11.5 Å². The van der Waals surface area contributed by atoms with Crippen molar-refractivity contribution in [2.24, 2.45) is 0 Å². The fourth-order valence-electron chi connectivity index (χ4n) is 2.98. The van der Waals surface area contributed by atoms with Gasteiger partial charge in [0, 0.05) is 30.2 Å². The van der Waals surface area contributed by atoms with Crippen LogP contribution >= 0.6 is 0 Å². The second-order valence-corrected chi connectivity index (χ2v) is 6.29. The minimum atomic E-state index is 0.580. The highest BCUT2D eigenvalue weighted by Crippen LogP contribution is 2.36. The molecule has 0 aliphatic carbocycles. The predicted molar refractivity (Wildman–Crippen MR) is 107 cm³/mol. The summed E-state index contributed by atoms with van der Waals surface area (Å²) in [5, 5.41) is 9.99. The average Bonchev–Trinajstić information content (AvgIpc) is 3.39. The number of fused-ring (bicyclic) bond motifs is 1. The molecule has 0 aromatic carbocycles. The van der Waals surface area contributed by atoms with Gasteiger partial charge in [-0.3, -0.25) is 10.1 Å². The Morgan fingerprint density at radius 2 is 2.03 bits per heavy atom. The Morgan fingerprint density at radius 1 is 1.07 bits per heavy atom. The molecule has 5 aromatic heterocycles. The zero-order chi connectivity index (χ0) is 19.6. The largest absolute Gasteiger partial charge is 0.451 e. The maximum Gasteiger partial charge on any atom is 0.183 e. The monoisotopic (exact) mass is 384 g/mol. The molecule has 0 fully saturated rings. The third-order valence-corrected chi connectivity index (χ3v) is 4.25. The standard InChI is InChI=1S/C20H16N8O/c1-13-22-8-4-16(24-13)15-6-10-28-12-18(25-17-5-9-23-27-17)26-20(28)19(15)29-14-3-2-7-21-11-14/h2-12H,1H3,(H2,23,25,27). The highest BCUT2D eigenvalue weighted by molar-refractivity contribution is 5.77. The number of hydrogen-bond acceptors (Lipinski definition) is 7. The van der Waals surface area contributed by atoms with Crippen molar-refractivity contribution in [2.45, 2.75) is 6.92 Å². The Balaban J connectivity index is 1.66. The molecule has 5 aromatic rings. The molecule has 0 aliphatic rings. The Hall–Kier alpha value is -4.27. The van der Waals surface area contributed by atoms with Gasteiger partial charge in [0.05, 0.1) is 24.3 Å². The Morgan fingerprint density at radius 3 is 2.83 bits per heavy atom. The lowest BCUT2D eigenvalue weighted by Gasteiger charge is -2.12. The van der Waals surface area contributed by atoms with E-state index in [2.05, 4.69) is 30.5 Å². The molecule has 5 rings (SSSR count). The Labute approximate surface area is 165 Å². The molecule has 0 radical (unpaired) electrons. The fraction of sp³-hybridized carbons (Fsp3) is 0.0500. The topological polar surface area (TPSA) is 106 Å². The van der Waals surface area contributed by atoms with Crippen LogP contribution in [0, 0.1) is 6.92 Å². The third-order valence-electron chi connectivity index (χ3n) is 4.25. The van der Waals surface area contributed by atoms with Crippen molar-refractivity contribution < 1.29 is 4.74 Å². The highest BCUT2D eigenvalue weighted by Gasteiger charge is 2.17. The molecule has 0 amide bonds. The van der Waals surface area contributed by atoms with Crippen molar-refractivity contribution in [2.75, 3.05) is 5.32 Å². The second-order valence-electron chi connectivity index (χ2n) is 6.29. The molecule has 0 saturated carbocycles. The quantitative estimate of drug-likeness (QED) is 0.475. The van der Waals surface area contributed by atoms with E-state index in [0.717, 1.165) is 17.1 Å². The number of nitrogens with zero attached hydrogens (tertiary/aromatic N) is 6. The van der Waals surface area contributed by atoms with Crippen LogP contribution in [-0.2, 0) is 0 Å². The summed E-state index contributed by atoms with van der Waals surface area (Å²) in [6.45, 7) is 1.85. The molecule has 9 heteroatoms. The highest BCUT2D eigenvalue weighted by atomic mass is 16.5. The van der Waals surface area contributed by atoms with Gasteiger partial charge in [-0.2, -0.15) is 5.10 Å². The molecule has 0 aliphatic heterocycles. The number of H-pyrrole nitrogens is 1. The first-order chi connectivity index (χ1) is 14.3. The van der Waals surface area contributed by atoms with Crippen LogP contribution in [0.4, 0.5) is 11.6 Å². The van der Waals surface area contributed by atoms with E-state index in [9.17, 15) is 0 Å². The van der Waals surface area contributed by atoms with Crippen LogP contribution in [0.2, 0.25) is 0 Å². The van der Waals surface area contributed by atoms with Gasteiger partial charge in [-0.25, -0.2) is 15.0 Å². The van der Waals surface area contributed by atoms with Crippen molar-refractivity contribution in [1.29, 1.82) is 0 Å². The summed E-state index contributed by atoms with van der Waals surface area (Å²) in [5.74, 6) is 3.27. The van der Waals surface area contributed by atoms with Crippen LogP contribution in [0.15, 0.2) is 67.5 Å². The zero-order valence-electron chi connectivity index (χ0n) is 15.4. The predicted octanol–water partition coefficient (Wildman–Crippen LogP) is 3.75. The first kappa shape index (κ1) is 16.9. The molecule has 0 saturated heterocycles. The van der Waals surface area contributed by atoms with Gasteiger partial charge in [0.15, 0.2) is 17.2 Å². The van der Waals surface area contributed by atoms with Gasteiger partial charge in [0.1, 0.15) is 17.4 Å². The molecule has 2 N–H and O–H groups in total. The molecule has 0 unspecified atom stereocenters. The number of ether oxygens (including phenoxy) is 1. The lowest BCUT2D eigenvalue weighted by atomic mass is 10.1. The second kappa shape index (κ2) is 7.04. The van der Waals surface area contributed by atoms with Crippen molar-refractivity contribution in [3.05, 3.63) is 73.3 Å². The number of anilines is 2. The summed E-state index contributed by atoms with van der Waals surface area (Å²) in [4.78, 5) is 17.6. The van der Waals surface area contributed by atoms with Crippen molar-refractivity contribution in [1.82, 2.24) is 34.5 Å². The first-order valence-corrected chi connectivity index (χ1v) is 8.92. The van der Waals surface area contributed by atoms with Crippen molar-refractivity contribution >= 4 is 17.3 Å². The molecule has 0 bridgehead atoms. The molecular formula is C20H16N8O. The Bertz CT molecular complexity index is 1260. The maximum absolute atomic E-state index is 6.21.